The summed E-state index contributed by atoms with van der Waals surface area (Å²) in [4.78, 5) is 0. The number of rotatable bonds is 1. The van der Waals surface area contributed by atoms with Crippen LogP contribution in [-0.2, 0) is 6.42 Å². The predicted octanol–water partition coefficient (Wildman–Crippen LogP) is 3.56. The Morgan fingerprint density at radius 3 is 2.86 bits per heavy atom. The summed E-state index contributed by atoms with van der Waals surface area (Å²) in [5.74, 6) is 0.643. The van der Waals surface area contributed by atoms with E-state index in [0.29, 0.717) is 12.0 Å². The molecule has 0 aromatic heterocycles. The van der Waals surface area contributed by atoms with E-state index in [1.165, 1.54) is 11.1 Å². The van der Waals surface area contributed by atoms with Gasteiger partial charge in [0.15, 0.2) is 0 Å². The second-order valence-corrected chi connectivity index (χ2v) is 5.19. The molecule has 1 aromatic carbocycles. The van der Waals surface area contributed by atoms with Crippen molar-refractivity contribution < 1.29 is 0 Å². The molecule has 0 heterocycles. The summed E-state index contributed by atoms with van der Waals surface area (Å²) in [5, 5.41) is 4.15. The number of hydrogen-bond donors (Lipinski definition) is 1. The first-order valence-electron chi connectivity index (χ1n) is 4.78. The summed E-state index contributed by atoms with van der Waals surface area (Å²) in [6.45, 7) is 2.27. The van der Waals surface area contributed by atoms with Gasteiger partial charge in [-0.1, -0.05) is 34.5 Å². The van der Waals surface area contributed by atoms with Crippen LogP contribution in [0.1, 0.15) is 24.1 Å². The molecule has 1 aliphatic rings. The number of nitrogens with one attached hydrogen (secondary N) is 1. The van der Waals surface area contributed by atoms with E-state index >= 15 is 0 Å². The Morgan fingerprint density at radius 1 is 1.50 bits per heavy atom. The molecule has 1 nitrogen and oxygen atoms in total. The van der Waals surface area contributed by atoms with Gasteiger partial charge in [0, 0.05) is 15.5 Å². The molecule has 2 atom stereocenters. The molecule has 0 radical (unpaired) electrons. The Bertz CT molecular complexity index is 365. The number of benzene rings is 1. The van der Waals surface area contributed by atoms with Crippen LogP contribution in [0.15, 0.2) is 16.6 Å². The second-order valence-electron chi connectivity index (χ2n) is 3.90. The fourth-order valence-corrected chi connectivity index (χ4v) is 3.30. The van der Waals surface area contributed by atoms with Crippen molar-refractivity contribution in [2.45, 2.75) is 19.4 Å². The maximum atomic E-state index is 6.04. The highest BCUT2D eigenvalue weighted by Gasteiger charge is 2.29. The second kappa shape index (κ2) is 3.84. The van der Waals surface area contributed by atoms with Crippen LogP contribution in [0.25, 0.3) is 0 Å². The van der Waals surface area contributed by atoms with Crippen molar-refractivity contribution in [1.29, 1.82) is 0 Å². The Kier molecular flexibility index (Phi) is 2.87. The molecule has 2 rings (SSSR count). The van der Waals surface area contributed by atoms with E-state index in [4.69, 9.17) is 11.6 Å². The number of halogens is 2. The van der Waals surface area contributed by atoms with E-state index < -0.39 is 0 Å². The lowest BCUT2D eigenvalue weighted by Crippen LogP contribution is -2.19. The number of fused-ring (bicyclic) bond motifs is 1. The van der Waals surface area contributed by atoms with Crippen LogP contribution in [0, 0.1) is 5.92 Å². The Balaban J connectivity index is 2.53. The van der Waals surface area contributed by atoms with E-state index in [9.17, 15) is 0 Å². The highest BCUT2D eigenvalue weighted by atomic mass is 79.9. The summed E-state index contributed by atoms with van der Waals surface area (Å²) >= 11 is 9.61. The third-order valence-electron chi connectivity index (χ3n) is 2.94. The molecular formula is C11H13BrClN. The fraction of sp³-hybridized carbons (Fsp3) is 0.455. The molecule has 0 fully saturated rings. The van der Waals surface area contributed by atoms with Crippen LogP contribution < -0.4 is 5.32 Å². The van der Waals surface area contributed by atoms with E-state index in [1.807, 2.05) is 13.1 Å². The molecule has 0 saturated carbocycles. The molecule has 1 N–H and O–H groups in total. The average Bonchev–Trinajstić information content (AvgIpc) is 2.41. The van der Waals surface area contributed by atoms with Crippen LogP contribution in [0.3, 0.4) is 0 Å². The van der Waals surface area contributed by atoms with Crippen molar-refractivity contribution in [3.05, 3.63) is 32.8 Å². The van der Waals surface area contributed by atoms with Gasteiger partial charge >= 0.3 is 0 Å². The van der Waals surface area contributed by atoms with Gasteiger partial charge in [-0.25, -0.2) is 0 Å². The van der Waals surface area contributed by atoms with Gasteiger partial charge in [-0.05, 0) is 42.6 Å². The predicted molar refractivity (Wildman–Crippen MR) is 63.8 cm³/mol. The van der Waals surface area contributed by atoms with Gasteiger partial charge in [0.2, 0.25) is 0 Å². The lowest BCUT2D eigenvalue weighted by Gasteiger charge is -2.15. The molecule has 0 amide bonds. The van der Waals surface area contributed by atoms with E-state index in [0.717, 1.165) is 15.9 Å². The lowest BCUT2D eigenvalue weighted by molar-refractivity contribution is 0.447. The average molecular weight is 275 g/mol. The summed E-state index contributed by atoms with van der Waals surface area (Å²) in [7, 11) is 2.01. The molecule has 2 unspecified atom stereocenters. The SMILES string of the molecule is CNC1c2cc(Cl)cc(Br)c2CC1C. The summed E-state index contributed by atoms with van der Waals surface area (Å²) in [6.07, 6.45) is 1.12. The lowest BCUT2D eigenvalue weighted by atomic mass is 10.0. The highest BCUT2D eigenvalue weighted by molar-refractivity contribution is 9.10. The normalized spacial score (nSPS) is 25.1. The van der Waals surface area contributed by atoms with Crippen LogP contribution in [0.4, 0.5) is 0 Å². The Labute approximate surface area is 98.0 Å². The zero-order chi connectivity index (χ0) is 10.3. The van der Waals surface area contributed by atoms with Crippen molar-refractivity contribution >= 4 is 27.5 Å². The van der Waals surface area contributed by atoms with E-state index in [2.05, 4.69) is 34.2 Å². The molecule has 0 saturated heterocycles. The van der Waals surface area contributed by atoms with Gasteiger partial charge in [0.05, 0.1) is 0 Å². The van der Waals surface area contributed by atoms with Crippen LogP contribution >= 0.6 is 27.5 Å². The van der Waals surface area contributed by atoms with E-state index in [1.54, 1.807) is 0 Å². The van der Waals surface area contributed by atoms with Crippen LogP contribution in [0.5, 0.6) is 0 Å². The minimum absolute atomic E-state index is 0.444. The monoisotopic (exact) mass is 273 g/mol. The summed E-state index contributed by atoms with van der Waals surface area (Å²) in [5.41, 5.74) is 2.75. The largest absolute Gasteiger partial charge is 0.313 e. The topological polar surface area (TPSA) is 12.0 Å². The molecule has 76 valence electrons. The number of hydrogen-bond acceptors (Lipinski definition) is 1. The Morgan fingerprint density at radius 2 is 2.21 bits per heavy atom. The minimum atomic E-state index is 0.444. The third-order valence-corrected chi connectivity index (χ3v) is 3.86. The van der Waals surface area contributed by atoms with E-state index in [-0.39, 0.29) is 0 Å². The maximum Gasteiger partial charge on any atom is 0.0420 e. The zero-order valence-corrected chi connectivity index (χ0v) is 10.6. The van der Waals surface area contributed by atoms with Crippen molar-refractivity contribution in [2.24, 2.45) is 5.92 Å². The van der Waals surface area contributed by atoms with Crippen LogP contribution in [-0.4, -0.2) is 7.05 Å². The van der Waals surface area contributed by atoms with Crippen molar-refractivity contribution in [3.8, 4) is 0 Å². The maximum absolute atomic E-state index is 6.04. The summed E-state index contributed by atoms with van der Waals surface area (Å²) < 4.78 is 1.14. The standard InChI is InChI=1S/C11H13BrClN/c1-6-3-8-9(11(6)14-2)4-7(13)5-10(8)12/h4-6,11,14H,3H2,1-2H3. The van der Waals surface area contributed by atoms with Gasteiger partial charge in [-0.2, -0.15) is 0 Å². The molecule has 1 aliphatic carbocycles. The molecule has 3 heteroatoms. The highest BCUT2D eigenvalue weighted by Crippen LogP contribution is 2.40. The zero-order valence-electron chi connectivity index (χ0n) is 8.27. The van der Waals surface area contributed by atoms with Gasteiger partial charge < -0.3 is 5.32 Å². The third kappa shape index (κ3) is 1.60. The van der Waals surface area contributed by atoms with Gasteiger partial charge in [-0.15, -0.1) is 0 Å². The molecule has 1 aromatic rings. The van der Waals surface area contributed by atoms with Gasteiger partial charge in [-0.3, -0.25) is 0 Å². The molecular weight excluding hydrogens is 261 g/mol. The Hall–Kier alpha value is -0.0500. The van der Waals surface area contributed by atoms with Gasteiger partial charge in [0.1, 0.15) is 0 Å². The van der Waals surface area contributed by atoms with Crippen molar-refractivity contribution in [3.63, 3.8) is 0 Å². The fourth-order valence-electron chi connectivity index (χ4n) is 2.30. The molecule has 0 bridgehead atoms. The molecule has 14 heavy (non-hydrogen) atoms. The van der Waals surface area contributed by atoms with Gasteiger partial charge in [0.25, 0.3) is 0 Å². The quantitative estimate of drug-likeness (QED) is 0.826. The van der Waals surface area contributed by atoms with Crippen molar-refractivity contribution in [2.75, 3.05) is 7.05 Å². The molecule has 0 spiro atoms. The summed E-state index contributed by atoms with van der Waals surface area (Å²) in [6, 6.07) is 4.50. The first-order valence-corrected chi connectivity index (χ1v) is 5.95. The minimum Gasteiger partial charge on any atom is -0.313 e. The van der Waals surface area contributed by atoms with Crippen molar-refractivity contribution in [1.82, 2.24) is 5.32 Å². The first-order chi connectivity index (χ1) is 6.63. The van der Waals surface area contributed by atoms with Crippen LogP contribution in [0.2, 0.25) is 5.02 Å². The smallest absolute Gasteiger partial charge is 0.0420 e. The molecule has 0 aliphatic heterocycles. The first kappa shape index (κ1) is 10.5.